The van der Waals surface area contributed by atoms with E-state index in [-0.39, 0.29) is 16.6 Å². The van der Waals surface area contributed by atoms with Gasteiger partial charge in [-0.2, -0.15) is 0 Å². The average Bonchev–Trinajstić information content (AvgIpc) is 2.54. The van der Waals surface area contributed by atoms with Crippen LogP contribution in [0.1, 0.15) is 35.3 Å². The van der Waals surface area contributed by atoms with E-state index in [2.05, 4.69) is 10.3 Å². The summed E-state index contributed by atoms with van der Waals surface area (Å²) in [4.78, 5) is 16.6. The Kier molecular flexibility index (Phi) is 5.72. The molecule has 0 fully saturated rings. The Hall–Kier alpha value is -2.21. The van der Waals surface area contributed by atoms with Crippen molar-refractivity contribution in [2.45, 2.75) is 38.1 Å². The van der Waals surface area contributed by atoms with E-state index in [0.717, 1.165) is 11.1 Å². The number of carbonyl (C=O) groups excluding carboxylic acids is 1. The minimum Gasteiger partial charge on any atom is -0.349 e. The third-order valence-electron chi connectivity index (χ3n) is 3.76. The number of hydrogen-bond donors (Lipinski definition) is 1. The summed E-state index contributed by atoms with van der Waals surface area (Å²) in [7, 11) is -3.45. The van der Waals surface area contributed by atoms with Crippen molar-refractivity contribution in [3.05, 3.63) is 59.4 Å². The Labute approximate surface area is 143 Å². The van der Waals surface area contributed by atoms with Crippen LogP contribution in [0.3, 0.4) is 0 Å². The highest BCUT2D eigenvalue weighted by Gasteiger charge is 2.21. The lowest BCUT2D eigenvalue weighted by Gasteiger charge is -2.15. The van der Waals surface area contributed by atoms with Crippen molar-refractivity contribution in [3.8, 4) is 0 Å². The van der Waals surface area contributed by atoms with Crippen LogP contribution in [0.2, 0.25) is 0 Å². The van der Waals surface area contributed by atoms with E-state index >= 15 is 0 Å². The molecule has 128 valence electrons. The first-order valence-corrected chi connectivity index (χ1v) is 9.52. The lowest BCUT2D eigenvalue weighted by Crippen LogP contribution is -2.38. The Morgan fingerprint density at radius 1 is 1.21 bits per heavy atom. The molecule has 0 radical (unpaired) electrons. The van der Waals surface area contributed by atoms with Gasteiger partial charge in [-0.1, -0.05) is 24.6 Å². The zero-order chi connectivity index (χ0) is 17.7. The number of benzene rings is 1. The van der Waals surface area contributed by atoms with Crippen molar-refractivity contribution in [3.63, 3.8) is 0 Å². The largest absolute Gasteiger partial charge is 0.349 e. The quantitative estimate of drug-likeness (QED) is 0.872. The van der Waals surface area contributed by atoms with Crippen LogP contribution in [0.15, 0.2) is 47.6 Å². The smallest absolute Gasteiger partial charge is 0.251 e. The number of sulfone groups is 1. The molecule has 5 nitrogen and oxygen atoms in total. The minimum absolute atomic E-state index is 0.145. The van der Waals surface area contributed by atoms with Crippen molar-refractivity contribution >= 4 is 15.7 Å². The van der Waals surface area contributed by atoms with E-state index in [1.54, 1.807) is 49.6 Å². The third kappa shape index (κ3) is 4.41. The molecule has 1 N–H and O–H groups in total. The maximum absolute atomic E-state index is 12.4. The molecule has 1 aromatic carbocycles. The summed E-state index contributed by atoms with van der Waals surface area (Å²) in [5.41, 5.74) is 2.37. The van der Waals surface area contributed by atoms with Gasteiger partial charge in [0, 0.05) is 24.0 Å². The maximum Gasteiger partial charge on any atom is 0.251 e. The molecule has 0 aliphatic carbocycles. The van der Waals surface area contributed by atoms with Crippen LogP contribution < -0.4 is 5.32 Å². The fraction of sp³-hybridized carbons (Fsp3) is 0.333. The normalized spacial score (nSPS) is 12.6. The Bertz CT molecular complexity index is 814. The number of hydrogen-bond acceptors (Lipinski definition) is 4. The zero-order valence-corrected chi connectivity index (χ0v) is 14.9. The van der Waals surface area contributed by atoms with Gasteiger partial charge in [0.1, 0.15) is 0 Å². The summed E-state index contributed by atoms with van der Waals surface area (Å²) < 4.78 is 24.9. The van der Waals surface area contributed by atoms with E-state index in [1.807, 2.05) is 13.8 Å². The number of aromatic nitrogens is 1. The number of nitrogens with zero attached hydrogens (tertiary/aromatic N) is 1. The summed E-state index contributed by atoms with van der Waals surface area (Å²) >= 11 is 0. The molecule has 6 heteroatoms. The van der Waals surface area contributed by atoms with Crippen LogP contribution >= 0.6 is 0 Å². The Morgan fingerprint density at radius 2 is 1.88 bits per heavy atom. The second-order valence-electron chi connectivity index (χ2n) is 5.86. The number of carbonyl (C=O) groups is 1. The topological polar surface area (TPSA) is 76.1 Å². The van der Waals surface area contributed by atoms with Crippen LogP contribution in [-0.2, 0) is 16.3 Å². The molecule has 1 unspecified atom stereocenters. The molecule has 0 bridgehead atoms. The molecule has 1 aromatic heterocycles. The first-order chi connectivity index (χ1) is 11.3. The molecule has 0 aliphatic rings. The Morgan fingerprint density at radius 3 is 2.50 bits per heavy atom. The van der Waals surface area contributed by atoms with Crippen LogP contribution in [0.5, 0.6) is 0 Å². The van der Waals surface area contributed by atoms with Gasteiger partial charge >= 0.3 is 0 Å². The molecule has 24 heavy (non-hydrogen) atoms. The number of aryl methyl sites for hydroxylation is 2. The van der Waals surface area contributed by atoms with Gasteiger partial charge in [0.25, 0.3) is 5.91 Å². The molecule has 0 aliphatic heterocycles. The molecular formula is C18H22N2O3S. The van der Waals surface area contributed by atoms with Gasteiger partial charge in [0.2, 0.25) is 0 Å². The van der Waals surface area contributed by atoms with Gasteiger partial charge in [0.05, 0.1) is 10.6 Å². The van der Waals surface area contributed by atoms with E-state index in [4.69, 9.17) is 0 Å². The molecule has 1 atom stereocenters. The number of pyridine rings is 1. The standard InChI is InChI=1S/C18H22N2O3S/c1-4-15-11-19-10-9-17(15)18(21)20-14(3)12-24(22,23)16-7-5-13(2)6-8-16/h5-11,14H,4,12H2,1-3H3,(H,20,21). The number of rotatable bonds is 6. The van der Waals surface area contributed by atoms with E-state index < -0.39 is 15.9 Å². The molecule has 1 heterocycles. The number of nitrogens with one attached hydrogen (secondary N) is 1. The van der Waals surface area contributed by atoms with Crippen LogP contribution in [0, 0.1) is 6.92 Å². The molecule has 2 aromatic rings. The van der Waals surface area contributed by atoms with E-state index in [1.165, 1.54) is 0 Å². The van der Waals surface area contributed by atoms with Gasteiger partial charge in [-0.05, 0) is 44.0 Å². The lowest BCUT2D eigenvalue weighted by molar-refractivity contribution is 0.0942. The van der Waals surface area contributed by atoms with Crippen molar-refractivity contribution in [1.29, 1.82) is 0 Å². The molecular weight excluding hydrogens is 324 g/mol. The fourth-order valence-corrected chi connectivity index (χ4v) is 3.93. The lowest BCUT2D eigenvalue weighted by atomic mass is 10.1. The summed E-state index contributed by atoms with van der Waals surface area (Å²) in [6.07, 6.45) is 3.90. The first kappa shape index (κ1) is 18.1. The van der Waals surface area contributed by atoms with E-state index in [0.29, 0.717) is 12.0 Å². The monoisotopic (exact) mass is 346 g/mol. The number of amides is 1. The highest BCUT2D eigenvalue weighted by atomic mass is 32.2. The maximum atomic E-state index is 12.4. The van der Waals surface area contributed by atoms with Crippen molar-refractivity contribution < 1.29 is 13.2 Å². The summed E-state index contributed by atoms with van der Waals surface area (Å²) in [6.45, 7) is 5.54. The molecule has 2 rings (SSSR count). The molecule has 0 saturated carbocycles. The summed E-state index contributed by atoms with van der Waals surface area (Å²) in [6, 6.07) is 7.87. The summed E-state index contributed by atoms with van der Waals surface area (Å²) in [5.74, 6) is -0.421. The van der Waals surface area contributed by atoms with Crippen molar-refractivity contribution in [2.24, 2.45) is 0 Å². The minimum atomic E-state index is -3.45. The van der Waals surface area contributed by atoms with Crippen LogP contribution in [0.25, 0.3) is 0 Å². The van der Waals surface area contributed by atoms with E-state index in [9.17, 15) is 13.2 Å². The van der Waals surface area contributed by atoms with Crippen molar-refractivity contribution in [1.82, 2.24) is 10.3 Å². The molecule has 0 saturated heterocycles. The van der Waals surface area contributed by atoms with Crippen LogP contribution in [0.4, 0.5) is 0 Å². The average molecular weight is 346 g/mol. The van der Waals surface area contributed by atoms with Gasteiger partial charge in [-0.3, -0.25) is 9.78 Å². The van der Waals surface area contributed by atoms with Gasteiger partial charge in [-0.15, -0.1) is 0 Å². The van der Waals surface area contributed by atoms with Gasteiger partial charge < -0.3 is 5.32 Å². The second-order valence-corrected chi connectivity index (χ2v) is 7.89. The highest BCUT2D eigenvalue weighted by Crippen LogP contribution is 2.14. The zero-order valence-electron chi connectivity index (χ0n) is 14.1. The van der Waals surface area contributed by atoms with Gasteiger partial charge in [0.15, 0.2) is 9.84 Å². The van der Waals surface area contributed by atoms with Gasteiger partial charge in [-0.25, -0.2) is 8.42 Å². The Balaban J connectivity index is 2.08. The fourth-order valence-electron chi connectivity index (χ4n) is 2.44. The SMILES string of the molecule is CCc1cnccc1C(=O)NC(C)CS(=O)(=O)c1ccc(C)cc1. The highest BCUT2D eigenvalue weighted by molar-refractivity contribution is 7.91. The predicted molar refractivity (Wildman–Crippen MR) is 93.8 cm³/mol. The third-order valence-corrected chi connectivity index (χ3v) is 5.69. The molecule has 1 amide bonds. The summed E-state index contributed by atoms with van der Waals surface area (Å²) in [5, 5.41) is 2.76. The molecule has 0 spiro atoms. The first-order valence-electron chi connectivity index (χ1n) is 7.86. The van der Waals surface area contributed by atoms with Crippen LogP contribution in [-0.4, -0.2) is 31.1 Å². The van der Waals surface area contributed by atoms with Crippen molar-refractivity contribution in [2.75, 3.05) is 5.75 Å². The predicted octanol–water partition coefficient (Wildman–Crippen LogP) is 2.54. The second kappa shape index (κ2) is 7.57.